The minimum atomic E-state index is -3.59. The van der Waals surface area contributed by atoms with Gasteiger partial charge in [0.05, 0.1) is 11.5 Å². The van der Waals surface area contributed by atoms with Gasteiger partial charge in [0.25, 0.3) is 0 Å². The molecule has 2 saturated heterocycles. The lowest BCUT2D eigenvalue weighted by Gasteiger charge is -2.57. The molecule has 0 aromatic heterocycles. The molecule has 184 valence electrons. The van der Waals surface area contributed by atoms with Crippen LogP contribution in [0.2, 0.25) is 0 Å². The number of rotatable bonds is 5. The monoisotopic (exact) mass is 490 g/mol. The summed E-state index contributed by atoms with van der Waals surface area (Å²) in [5, 5.41) is 10.3. The zero-order chi connectivity index (χ0) is 24.6. The molecule has 2 fully saturated rings. The number of aliphatic hydroxyl groups is 1. The van der Waals surface area contributed by atoms with Crippen molar-refractivity contribution < 1.29 is 13.5 Å². The minimum absolute atomic E-state index is 0.0189. The van der Waals surface area contributed by atoms with E-state index >= 15 is 0 Å². The first-order valence-corrected chi connectivity index (χ1v) is 13.9. The molecule has 3 atom stereocenters. The topological polar surface area (TPSA) is 60.9 Å². The summed E-state index contributed by atoms with van der Waals surface area (Å²) in [6.07, 6.45) is 1.74. The van der Waals surface area contributed by atoms with Crippen LogP contribution in [0.1, 0.15) is 35.4 Å². The van der Waals surface area contributed by atoms with Crippen molar-refractivity contribution in [1.82, 2.24) is 9.21 Å². The van der Waals surface area contributed by atoms with Gasteiger partial charge in [0, 0.05) is 31.1 Å². The van der Waals surface area contributed by atoms with Crippen LogP contribution in [0.5, 0.6) is 0 Å². The van der Waals surface area contributed by atoms with Gasteiger partial charge in [-0.15, -0.1) is 0 Å². The van der Waals surface area contributed by atoms with Crippen LogP contribution < -0.4 is 0 Å². The Morgan fingerprint density at radius 2 is 1.51 bits per heavy atom. The number of benzene rings is 3. The van der Waals surface area contributed by atoms with E-state index in [4.69, 9.17) is 0 Å². The van der Waals surface area contributed by atoms with Crippen LogP contribution in [0.15, 0.2) is 77.7 Å². The molecule has 1 unspecified atom stereocenters. The Balaban J connectivity index is 1.44. The summed E-state index contributed by atoms with van der Waals surface area (Å²) < 4.78 is 28.9. The highest BCUT2D eigenvalue weighted by molar-refractivity contribution is 7.89. The van der Waals surface area contributed by atoms with E-state index in [0.717, 1.165) is 30.5 Å². The van der Waals surface area contributed by atoms with Gasteiger partial charge in [-0.2, -0.15) is 4.31 Å². The molecule has 0 radical (unpaired) electrons. The summed E-state index contributed by atoms with van der Waals surface area (Å²) in [4.78, 5) is 2.71. The lowest BCUT2D eigenvalue weighted by molar-refractivity contribution is -0.0553. The standard InChI is InChI=1S/C29H34N2O3S/c1-21-9-3-5-11-25(21)23-13-15-24(16-14-23)29-26-19-30(17-7-8-18-31(26)27(29)20-32)35(33,34)28-12-6-4-10-22(28)2/h3-6,9-16,26-27,29,32H,7-8,17-20H2,1-2H3/t26?,27-,29+/m1/s1. The predicted molar refractivity (Wildman–Crippen MR) is 140 cm³/mol. The molecular formula is C29H34N2O3S. The van der Waals surface area contributed by atoms with Crippen LogP contribution in [0.4, 0.5) is 0 Å². The molecule has 0 amide bonds. The smallest absolute Gasteiger partial charge is 0.243 e. The van der Waals surface area contributed by atoms with Crippen molar-refractivity contribution in [3.05, 3.63) is 89.5 Å². The number of fused-ring (bicyclic) bond motifs is 1. The number of hydrogen-bond acceptors (Lipinski definition) is 4. The first-order valence-electron chi connectivity index (χ1n) is 12.5. The van der Waals surface area contributed by atoms with Crippen LogP contribution in [-0.4, -0.2) is 61.1 Å². The number of aryl methyl sites for hydroxylation is 2. The summed E-state index contributed by atoms with van der Waals surface area (Å²) in [6.45, 7) is 5.92. The molecule has 2 aliphatic rings. The largest absolute Gasteiger partial charge is 0.395 e. The summed E-state index contributed by atoms with van der Waals surface area (Å²) >= 11 is 0. The molecule has 5 nitrogen and oxygen atoms in total. The summed E-state index contributed by atoms with van der Waals surface area (Å²) in [5.41, 5.74) is 5.56. The third-order valence-electron chi connectivity index (χ3n) is 7.80. The third kappa shape index (κ3) is 4.45. The van der Waals surface area contributed by atoms with Crippen molar-refractivity contribution in [2.75, 3.05) is 26.2 Å². The third-order valence-corrected chi connectivity index (χ3v) is 9.82. The summed E-state index contributed by atoms with van der Waals surface area (Å²) in [5.74, 6) is 0.0959. The summed E-state index contributed by atoms with van der Waals surface area (Å²) in [7, 11) is -3.59. The van der Waals surface area contributed by atoms with E-state index in [1.54, 1.807) is 16.4 Å². The van der Waals surface area contributed by atoms with E-state index in [0.29, 0.717) is 18.0 Å². The molecule has 0 aliphatic carbocycles. The first-order chi connectivity index (χ1) is 16.9. The first kappa shape index (κ1) is 24.2. The van der Waals surface area contributed by atoms with Crippen molar-refractivity contribution in [1.29, 1.82) is 0 Å². The maximum absolute atomic E-state index is 13.6. The zero-order valence-corrected chi connectivity index (χ0v) is 21.3. The minimum Gasteiger partial charge on any atom is -0.395 e. The van der Waals surface area contributed by atoms with Crippen LogP contribution in [0.25, 0.3) is 11.1 Å². The molecule has 6 heteroatoms. The maximum atomic E-state index is 13.6. The molecule has 2 aliphatic heterocycles. The second kappa shape index (κ2) is 9.86. The lowest BCUT2D eigenvalue weighted by Crippen LogP contribution is -2.67. The Labute approximate surface area is 209 Å². The van der Waals surface area contributed by atoms with E-state index in [-0.39, 0.29) is 24.6 Å². The molecule has 35 heavy (non-hydrogen) atoms. The van der Waals surface area contributed by atoms with E-state index in [9.17, 15) is 13.5 Å². The highest BCUT2D eigenvalue weighted by Crippen LogP contribution is 2.43. The maximum Gasteiger partial charge on any atom is 0.243 e. The second-order valence-corrected chi connectivity index (χ2v) is 11.8. The van der Waals surface area contributed by atoms with Gasteiger partial charge >= 0.3 is 0 Å². The van der Waals surface area contributed by atoms with Crippen LogP contribution in [0, 0.1) is 13.8 Å². The van der Waals surface area contributed by atoms with Crippen LogP contribution in [-0.2, 0) is 10.0 Å². The molecule has 5 rings (SSSR count). The van der Waals surface area contributed by atoms with Gasteiger partial charge < -0.3 is 5.11 Å². The number of nitrogens with zero attached hydrogens (tertiary/aromatic N) is 2. The van der Waals surface area contributed by atoms with E-state index in [2.05, 4.69) is 54.3 Å². The van der Waals surface area contributed by atoms with E-state index in [1.165, 1.54) is 16.7 Å². The van der Waals surface area contributed by atoms with Gasteiger partial charge in [-0.3, -0.25) is 4.90 Å². The van der Waals surface area contributed by atoms with Crippen molar-refractivity contribution in [2.24, 2.45) is 0 Å². The molecule has 3 aromatic rings. The molecular weight excluding hydrogens is 456 g/mol. The average molecular weight is 491 g/mol. The Bertz CT molecular complexity index is 1290. The van der Waals surface area contributed by atoms with Crippen molar-refractivity contribution in [3.63, 3.8) is 0 Å². The Kier molecular flexibility index (Phi) is 6.82. The van der Waals surface area contributed by atoms with E-state index in [1.807, 2.05) is 25.1 Å². The molecule has 1 N–H and O–H groups in total. The van der Waals surface area contributed by atoms with E-state index < -0.39 is 10.0 Å². The van der Waals surface area contributed by atoms with Gasteiger partial charge in [0.2, 0.25) is 10.0 Å². The van der Waals surface area contributed by atoms with Crippen molar-refractivity contribution >= 4 is 10.0 Å². The lowest BCUT2D eigenvalue weighted by atomic mass is 9.74. The fourth-order valence-electron chi connectivity index (χ4n) is 5.89. The normalized spacial score (nSPS) is 23.7. The highest BCUT2D eigenvalue weighted by Gasteiger charge is 2.50. The van der Waals surface area contributed by atoms with Gasteiger partial charge in [-0.1, -0.05) is 66.7 Å². The Hall–Kier alpha value is -2.51. The highest BCUT2D eigenvalue weighted by atomic mass is 32.2. The molecule has 3 aromatic carbocycles. The van der Waals surface area contributed by atoms with Gasteiger partial charge in [0.15, 0.2) is 0 Å². The molecule has 0 bridgehead atoms. The van der Waals surface area contributed by atoms with Gasteiger partial charge in [-0.05, 0) is 67.1 Å². The fourth-order valence-corrected chi connectivity index (χ4v) is 7.62. The average Bonchev–Trinajstić information content (AvgIpc) is 2.84. The SMILES string of the molecule is Cc1ccccc1-c1ccc([C@H]2C3CN(S(=O)(=O)c4ccccc4C)CCCCN3[C@@H]2CO)cc1. The second-order valence-electron chi connectivity index (χ2n) is 9.85. The number of sulfonamides is 1. The van der Waals surface area contributed by atoms with Gasteiger partial charge in [-0.25, -0.2) is 8.42 Å². The van der Waals surface area contributed by atoms with Crippen molar-refractivity contribution in [3.8, 4) is 11.1 Å². The Morgan fingerprint density at radius 1 is 0.857 bits per heavy atom. The zero-order valence-electron chi connectivity index (χ0n) is 20.5. The quantitative estimate of drug-likeness (QED) is 0.569. The van der Waals surface area contributed by atoms with Crippen molar-refractivity contribution in [2.45, 2.75) is 49.6 Å². The predicted octanol–water partition coefficient (Wildman–Crippen LogP) is 4.58. The molecule has 2 heterocycles. The van der Waals surface area contributed by atoms with Gasteiger partial charge in [0.1, 0.15) is 0 Å². The molecule has 0 saturated carbocycles. The van der Waals surface area contributed by atoms with Crippen LogP contribution in [0.3, 0.4) is 0 Å². The summed E-state index contributed by atoms with van der Waals surface area (Å²) in [6, 6.07) is 24.3. The Morgan fingerprint density at radius 3 is 2.20 bits per heavy atom. The fraction of sp³-hybridized carbons (Fsp3) is 0.379. The van der Waals surface area contributed by atoms with Crippen LogP contribution >= 0.6 is 0 Å². The number of aliphatic hydroxyl groups excluding tert-OH is 1. The number of hydrogen-bond donors (Lipinski definition) is 1. The molecule has 0 spiro atoms.